The average Bonchev–Trinajstić information content (AvgIpc) is 2.99. The number of carbonyl (C=O) groups excluding carboxylic acids is 1. The van der Waals surface area contributed by atoms with Gasteiger partial charge in [-0.2, -0.15) is 0 Å². The fraction of sp³-hybridized carbons (Fsp3) is 0.154. The summed E-state index contributed by atoms with van der Waals surface area (Å²) >= 11 is 1.00. The molecule has 0 saturated carbocycles. The average molecular weight is 301 g/mol. The number of hydrogen-bond acceptors (Lipinski definition) is 6. The first-order chi connectivity index (χ1) is 10.2. The minimum atomic E-state index is -0.416. The molecule has 1 aromatic carbocycles. The number of hydrogen-bond donors (Lipinski definition) is 1. The molecule has 106 valence electrons. The first kappa shape index (κ1) is 13.4. The lowest BCUT2D eigenvalue weighted by Gasteiger charge is -2.07. The highest BCUT2D eigenvalue weighted by molar-refractivity contribution is 7.08. The summed E-state index contributed by atoms with van der Waals surface area (Å²) in [5.41, 5.74) is 3.38. The molecule has 21 heavy (non-hydrogen) atoms. The van der Waals surface area contributed by atoms with Gasteiger partial charge >= 0.3 is 0 Å². The number of nitrogens with zero attached hydrogens (tertiary/aromatic N) is 4. The summed E-state index contributed by atoms with van der Waals surface area (Å²) in [6.45, 7) is 1.89. The largest absolute Gasteiger partial charge is 0.283 e. The number of nitrogens with one attached hydrogen (secondary N) is 1. The number of benzene rings is 1. The first-order valence-corrected chi connectivity index (χ1v) is 7.07. The van der Waals surface area contributed by atoms with E-state index in [-0.39, 0.29) is 5.56 Å². The third-order valence-corrected chi connectivity index (χ3v) is 3.75. The first-order valence-electron chi connectivity index (χ1n) is 6.29. The third kappa shape index (κ3) is 2.40. The Bertz CT molecular complexity index is 870. The summed E-state index contributed by atoms with van der Waals surface area (Å²) < 4.78 is 4.83. The van der Waals surface area contributed by atoms with Crippen LogP contribution in [-0.4, -0.2) is 25.2 Å². The zero-order valence-corrected chi connectivity index (χ0v) is 11.9. The number of aryl methyl sites for hydroxylation is 1. The van der Waals surface area contributed by atoms with E-state index in [9.17, 15) is 9.59 Å². The second-order valence-electron chi connectivity index (χ2n) is 4.28. The Kier molecular flexibility index (Phi) is 3.44. The van der Waals surface area contributed by atoms with Gasteiger partial charge < -0.3 is 0 Å². The van der Waals surface area contributed by atoms with Gasteiger partial charge in [-0.15, -0.1) is 5.10 Å². The van der Waals surface area contributed by atoms with Crippen molar-refractivity contribution in [1.29, 1.82) is 0 Å². The third-order valence-electron chi connectivity index (χ3n) is 2.98. The fourth-order valence-electron chi connectivity index (χ4n) is 1.92. The predicted molar refractivity (Wildman–Crippen MR) is 79.0 cm³/mol. The van der Waals surface area contributed by atoms with Crippen molar-refractivity contribution in [3.8, 4) is 0 Å². The van der Waals surface area contributed by atoms with Crippen LogP contribution < -0.4 is 11.0 Å². The number of rotatable bonds is 3. The molecule has 7 nitrogen and oxygen atoms in total. The van der Waals surface area contributed by atoms with E-state index in [0.29, 0.717) is 27.9 Å². The standard InChI is InChI=1S/C13H11N5O2S/c1-2-9-11(21-17-15-9)12(19)16-18-7-14-10-6-4-3-5-8(10)13(18)20/h3-7H,2H2,1H3,(H,16,19). The highest BCUT2D eigenvalue weighted by Gasteiger charge is 2.16. The van der Waals surface area contributed by atoms with E-state index < -0.39 is 5.91 Å². The molecule has 2 aromatic heterocycles. The van der Waals surface area contributed by atoms with Crippen LogP contribution in [0.5, 0.6) is 0 Å². The molecular weight excluding hydrogens is 290 g/mol. The van der Waals surface area contributed by atoms with Crippen molar-refractivity contribution in [2.45, 2.75) is 13.3 Å². The van der Waals surface area contributed by atoms with Crippen molar-refractivity contribution >= 4 is 28.3 Å². The molecular formula is C13H11N5O2S. The lowest BCUT2D eigenvalue weighted by molar-refractivity contribution is 0.101. The SMILES string of the molecule is CCc1nnsc1C(=O)Nn1cnc2ccccc2c1=O. The van der Waals surface area contributed by atoms with Gasteiger partial charge in [-0.1, -0.05) is 23.5 Å². The molecule has 8 heteroatoms. The summed E-state index contributed by atoms with van der Waals surface area (Å²) in [7, 11) is 0. The normalized spacial score (nSPS) is 10.7. The van der Waals surface area contributed by atoms with E-state index in [1.807, 2.05) is 6.92 Å². The van der Waals surface area contributed by atoms with Gasteiger partial charge in [0.2, 0.25) is 0 Å². The van der Waals surface area contributed by atoms with Gasteiger partial charge in [0.05, 0.1) is 16.6 Å². The molecule has 0 aliphatic rings. The summed E-state index contributed by atoms with van der Waals surface area (Å²) in [6, 6.07) is 6.96. The maximum Gasteiger partial charge on any atom is 0.283 e. The summed E-state index contributed by atoms with van der Waals surface area (Å²) in [4.78, 5) is 29.0. The molecule has 0 spiro atoms. The monoisotopic (exact) mass is 301 g/mol. The zero-order valence-electron chi connectivity index (χ0n) is 11.1. The Morgan fingerprint density at radius 3 is 3.00 bits per heavy atom. The van der Waals surface area contributed by atoms with Crippen molar-refractivity contribution in [3.63, 3.8) is 0 Å². The van der Waals surface area contributed by atoms with Crippen LogP contribution in [0.4, 0.5) is 0 Å². The Hall–Kier alpha value is -2.61. The Labute approximate surface area is 123 Å². The quantitative estimate of drug-likeness (QED) is 0.785. The van der Waals surface area contributed by atoms with E-state index in [1.165, 1.54) is 6.33 Å². The molecule has 0 bridgehead atoms. The second-order valence-corrected chi connectivity index (χ2v) is 5.03. The van der Waals surface area contributed by atoms with Crippen molar-refractivity contribution in [2.24, 2.45) is 0 Å². The van der Waals surface area contributed by atoms with Crippen LogP contribution in [0.15, 0.2) is 35.4 Å². The topological polar surface area (TPSA) is 89.8 Å². The summed E-state index contributed by atoms with van der Waals surface area (Å²) in [5.74, 6) is -0.416. The molecule has 0 radical (unpaired) electrons. The molecule has 0 unspecified atom stereocenters. The number of aromatic nitrogens is 4. The van der Waals surface area contributed by atoms with E-state index >= 15 is 0 Å². The molecule has 2 heterocycles. The molecule has 0 aliphatic heterocycles. The maximum atomic E-state index is 12.3. The van der Waals surface area contributed by atoms with Crippen molar-refractivity contribution in [1.82, 2.24) is 19.2 Å². The lowest BCUT2D eigenvalue weighted by atomic mass is 10.2. The van der Waals surface area contributed by atoms with Gasteiger partial charge in [0.1, 0.15) is 11.2 Å². The highest BCUT2D eigenvalue weighted by atomic mass is 32.1. The Morgan fingerprint density at radius 1 is 1.38 bits per heavy atom. The number of para-hydroxylation sites is 1. The van der Waals surface area contributed by atoms with Crippen LogP contribution in [0.2, 0.25) is 0 Å². The summed E-state index contributed by atoms with van der Waals surface area (Å²) in [6.07, 6.45) is 1.90. The minimum absolute atomic E-state index is 0.329. The number of amides is 1. The van der Waals surface area contributed by atoms with Gasteiger partial charge in [0.25, 0.3) is 11.5 Å². The molecule has 0 aliphatic carbocycles. The van der Waals surface area contributed by atoms with Crippen LogP contribution in [0, 0.1) is 0 Å². The minimum Gasteiger partial charge on any atom is -0.267 e. The van der Waals surface area contributed by atoms with Gasteiger partial charge in [0.15, 0.2) is 0 Å². The van der Waals surface area contributed by atoms with Crippen LogP contribution >= 0.6 is 11.5 Å². The van der Waals surface area contributed by atoms with Gasteiger partial charge in [-0.3, -0.25) is 15.0 Å². The van der Waals surface area contributed by atoms with Gasteiger partial charge in [0, 0.05) is 0 Å². The highest BCUT2D eigenvalue weighted by Crippen LogP contribution is 2.11. The summed E-state index contributed by atoms with van der Waals surface area (Å²) in [5, 5.41) is 4.32. The van der Waals surface area contributed by atoms with Gasteiger partial charge in [-0.25, -0.2) is 9.66 Å². The maximum absolute atomic E-state index is 12.3. The van der Waals surface area contributed by atoms with Crippen LogP contribution in [0.3, 0.4) is 0 Å². The molecule has 0 fully saturated rings. The van der Waals surface area contributed by atoms with Crippen LogP contribution in [0.25, 0.3) is 10.9 Å². The van der Waals surface area contributed by atoms with E-state index in [0.717, 1.165) is 16.2 Å². The number of carbonyl (C=O) groups is 1. The van der Waals surface area contributed by atoms with Crippen LogP contribution in [-0.2, 0) is 6.42 Å². The molecule has 3 rings (SSSR count). The lowest BCUT2D eigenvalue weighted by Crippen LogP contribution is -2.33. The predicted octanol–water partition coefficient (Wildman–Crippen LogP) is 1.19. The van der Waals surface area contributed by atoms with Crippen molar-refractivity contribution in [3.05, 3.63) is 51.5 Å². The van der Waals surface area contributed by atoms with Crippen molar-refractivity contribution < 1.29 is 4.79 Å². The smallest absolute Gasteiger partial charge is 0.267 e. The fourth-order valence-corrected chi connectivity index (χ4v) is 2.56. The van der Waals surface area contributed by atoms with Gasteiger partial charge in [-0.05, 0) is 30.1 Å². The molecule has 0 atom stereocenters. The number of fused-ring (bicyclic) bond motifs is 1. The second kappa shape index (κ2) is 5.41. The Morgan fingerprint density at radius 2 is 2.19 bits per heavy atom. The molecule has 1 amide bonds. The van der Waals surface area contributed by atoms with Crippen LogP contribution in [0.1, 0.15) is 22.3 Å². The van der Waals surface area contributed by atoms with Crippen molar-refractivity contribution in [2.75, 3.05) is 5.43 Å². The van der Waals surface area contributed by atoms with E-state index in [1.54, 1.807) is 24.3 Å². The Balaban J connectivity index is 1.97. The molecule has 0 saturated heterocycles. The van der Waals surface area contributed by atoms with E-state index in [4.69, 9.17) is 0 Å². The molecule has 1 N–H and O–H groups in total. The molecule has 3 aromatic rings. The van der Waals surface area contributed by atoms with E-state index in [2.05, 4.69) is 20.0 Å². The zero-order chi connectivity index (χ0) is 14.8.